The summed E-state index contributed by atoms with van der Waals surface area (Å²) in [5, 5.41) is 3.32. The molecule has 1 unspecified atom stereocenters. The smallest absolute Gasteiger partial charge is 0.135 e. The van der Waals surface area contributed by atoms with Gasteiger partial charge in [0.25, 0.3) is 0 Å². The summed E-state index contributed by atoms with van der Waals surface area (Å²) >= 11 is 0. The maximum Gasteiger partial charge on any atom is 0.135 e. The molecule has 1 aromatic rings. The van der Waals surface area contributed by atoms with Gasteiger partial charge in [-0.1, -0.05) is 6.42 Å². The average molecular weight is 260 g/mol. The molecule has 1 fully saturated rings. The molecule has 19 heavy (non-hydrogen) atoms. The molecular formula is C15H24N4. The number of rotatable bonds is 3. The summed E-state index contributed by atoms with van der Waals surface area (Å²) in [6.45, 7) is 2.20. The summed E-state index contributed by atoms with van der Waals surface area (Å²) in [6, 6.07) is 0.604. The molecule has 1 N–H and O–H groups in total. The zero-order valence-electron chi connectivity index (χ0n) is 11.9. The van der Waals surface area contributed by atoms with Crippen LogP contribution in [0.5, 0.6) is 0 Å². The summed E-state index contributed by atoms with van der Waals surface area (Å²) < 4.78 is 0. The molecule has 4 heteroatoms. The lowest BCUT2D eigenvalue weighted by Crippen LogP contribution is -2.38. The van der Waals surface area contributed by atoms with Crippen LogP contribution in [0, 0.1) is 0 Å². The van der Waals surface area contributed by atoms with Crippen LogP contribution < -0.4 is 10.2 Å². The third kappa shape index (κ3) is 2.59. The Labute approximate surface area is 115 Å². The molecule has 2 aliphatic rings. The fourth-order valence-electron chi connectivity index (χ4n) is 3.49. The second-order valence-electron chi connectivity index (χ2n) is 5.73. The van der Waals surface area contributed by atoms with Gasteiger partial charge in [-0.05, 0) is 45.6 Å². The zero-order chi connectivity index (χ0) is 13.1. The van der Waals surface area contributed by atoms with Crippen molar-refractivity contribution in [1.82, 2.24) is 15.3 Å². The molecule has 0 spiro atoms. The molecule has 104 valence electrons. The highest BCUT2D eigenvalue weighted by Crippen LogP contribution is 2.30. The first-order chi connectivity index (χ1) is 9.40. The van der Waals surface area contributed by atoms with Crippen molar-refractivity contribution in [2.75, 3.05) is 25.0 Å². The van der Waals surface area contributed by atoms with Gasteiger partial charge in [0.2, 0.25) is 0 Å². The highest BCUT2D eigenvalue weighted by Gasteiger charge is 2.28. The Morgan fingerprint density at radius 3 is 3.00 bits per heavy atom. The molecule has 2 heterocycles. The van der Waals surface area contributed by atoms with Crippen molar-refractivity contribution in [3.8, 4) is 0 Å². The van der Waals surface area contributed by atoms with Gasteiger partial charge in [-0.25, -0.2) is 9.97 Å². The van der Waals surface area contributed by atoms with Gasteiger partial charge in [0.05, 0.1) is 0 Å². The van der Waals surface area contributed by atoms with Gasteiger partial charge >= 0.3 is 0 Å². The Hall–Kier alpha value is -1.16. The van der Waals surface area contributed by atoms with E-state index in [1.54, 1.807) is 6.33 Å². The second-order valence-corrected chi connectivity index (χ2v) is 5.73. The third-order valence-electron chi connectivity index (χ3n) is 4.44. The van der Waals surface area contributed by atoms with Crippen molar-refractivity contribution in [3.05, 3.63) is 17.6 Å². The largest absolute Gasteiger partial charge is 0.352 e. The van der Waals surface area contributed by atoms with E-state index in [1.807, 2.05) is 7.05 Å². The minimum Gasteiger partial charge on any atom is -0.352 e. The van der Waals surface area contributed by atoms with Crippen LogP contribution in [0.15, 0.2) is 6.33 Å². The predicted molar refractivity (Wildman–Crippen MR) is 77.6 cm³/mol. The summed E-state index contributed by atoms with van der Waals surface area (Å²) in [5.41, 5.74) is 2.74. The van der Waals surface area contributed by atoms with Crippen LogP contribution in [0.2, 0.25) is 0 Å². The molecule has 1 aliphatic carbocycles. The van der Waals surface area contributed by atoms with Gasteiger partial charge in [-0.2, -0.15) is 0 Å². The predicted octanol–water partition coefficient (Wildman–Crippen LogP) is 1.93. The van der Waals surface area contributed by atoms with Crippen molar-refractivity contribution in [2.24, 2.45) is 0 Å². The number of hydrogen-bond acceptors (Lipinski definition) is 4. The molecule has 0 bridgehead atoms. The van der Waals surface area contributed by atoms with Crippen LogP contribution in [-0.4, -0.2) is 36.1 Å². The van der Waals surface area contributed by atoms with Gasteiger partial charge in [0, 0.05) is 30.4 Å². The maximum atomic E-state index is 4.64. The lowest BCUT2D eigenvalue weighted by Gasteiger charge is -2.28. The van der Waals surface area contributed by atoms with E-state index in [0.29, 0.717) is 6.04 Å². The van der Waals surface area contributed by atoms with Crippen LogP contribution in [0.4, 0.5) is 5.82 Å². The van der Waals surface area contributed by atoms with Crippen molar-refractivity contribution < 1.29 is 0 Å². The third-order valence-corrected chi connectivity index (χ3v) is 4.44. The Morgan fingerprint density at radius 1 is 1.21 bits per heavy atom. The molecule has 0 radical (unpaired) electrons. The Morgan fingerprint density at radius 2 is 2.11 bits per heavy atom. The topological polar surface area (TPSA) is 41.0 Å². The van der Waals surface area contributed by atoms with Crippen molar-refractivity contribution in [2.45, 2.75) is 51.0 Å². The molecule has 1 aliphatic heterocycles. The van der Waals surface area contributed by atoms with Gasteiger partial charge < -0.3 is 10.2 Å². The molecule has 4 nitrogen and oxygen atoms in total. The van der Waals surface area contributed by atoms with E-state index >= 15 is 0 Å². The number of aromatic nitrogens is 2. The number of hydrogen-bond donors (Lipinski definition) is 1. The summed E-state index contributed by atoms with van der Waals surface area (Å²) in [4.78, 5) is 11.7. The Bertz CT molecular complexity index is 432. The van der Waals surface area contributed by atoms with Crippen molar-refractivity contribution in [1.29, 1.82) is 0 Å². The number of aryl methyl sites for hydroxylation is 1. The van der Waals surface area contributed by atoms with E-state index in [-0.39, 0.29) is 0 Å². The number of anilines is 1. The fourth-order valence-corrected chi connectivity index (χ4v) is 3.49. The second kappa shape index (κ2) is 5.87. The van der Waals surface area contributed by atoms with E-state index in [4.69, 9.17) is 0 Å². The molecule has 0 saturated carbocycles. The average Bonchev–Trinajstić information content (AvgIpc) is 2.74. The summed E-state index contributed by atoms with van der Waals surface area (Å²) in [6.07, 6.45) is 10.5. The molecule has 0 aromatic carbocycles. The Balaban J connectivity index is 1.91. The molecule has 1 aromatic heterocycles. The number of nitrogens with zero attached hydrogens (tertiary/aromatic N) is 3. The van der Waals surface area contributed by atoms with E-state index in [2.05, 4.69) is 20.2 Å². The highest BCUT2D eigenvalue weighted by atomic mass is 15.2. The van der Waals surface area contributed by atoms with Gasteiger partial charge in [0.1, 0.15) is 12.1 Å². The normalized spacial score (nSPS) is 23.2. The van der Waals surface area contributed by atoms with Crippen molar-refractivity contribution in [3.63, 3.8) is 0 Å². The minimum atomic E-state index is 0.604. The maximum absolute atomic E-state index is 4.64. The first-order valence-corrected chi connectivity index (χ1v) is 7.64. The summed E-state index contributed by atoms with van der Waals surface area (Å²) in [7, 11) is 2.04. The first kappa shape index (κ1) is 12.9. The SMILES string of the molecule is CNCC1CCCN1c1ncnc2c1CCCCC2. The zero-order valence-corrected chi connectivity index (χ0v) is 11.9. The minimum absolute atomic E-state index is 0.604. The first-order valence-electron chi connectivity index (χ1n) is 7.64. The molecule has 3 rings (SSSR count). The fraction of sp³-hybridized carbons (Fsp3) is 0.733. The monoisotopic (exact) mass is 260 g/mol. The quantitative estimate of drug-likeness (QED) is 0.843. The Kier molecular flexibility index (Phi) is 3.97. The lowest BCUT2D eigenvalue weighted by atomic mass is 10.1. The number of fused-ring (bicyclic) bond motifs is 1. The molecular weight excluding hydrogens is 236 g/mol. The van der Waals surface area contributed by atoms with Gasteiger partial charge in [-0.15, -0.1) is 0 Å². The van der Waals surface area contributed by atoms with Gasteiger partial charge in [-0.3, -0.25) is 0 Å². The number of nitrogens with one attached hydrogen (secondary N) is 1. The molecule has 0 amide bonds. The van der Waals surface area contributed by atoms with E-state index in [9.17, 15) is 0 Å². The van der Waals surface area contributed by atoms with E-state index in [0.717, 1.165) is 25.9 Å². The van der Waals surface area contributed by atoms with Crippen LogP contribution >= 0.6 is 0 Å². The molecule has 1 saturated heterocycles. The standard InChI is InChI=1S/C15H24N4/c1-16-10-12-6-5-9-19(12)15-13-7-3-2-4-8-14(13)17-11-18-15/h11-12,16H,2-10H2,1H3. The van der Waals surface area contributed by atoms with E-state index in [1.165, 1.54) is 49.2 Å². The summed E-state index contributed by atoms with van der Waals surface area (Å²) in [5.74, 6) is 1.23. The molecule has 1 atom stereocenters. The van der Waals surface area contributed by atoms with Crippen LogP contribution in [0.3, 0.4) is 0 Å². The highest BCUT2D eigenvalue weighted by molar-refractivity contribution is 5.51. The lowest BCUT2D eigenvalue weighted by molar-refractivity contribution is 0.608. The van der Waals surface area contributed by atoms with Crippen LogP contribution in [0.25, 0.3) is 0 Å². The number of likely N-dealkylation sites (N-methyl/N-ethyl adjacent to an activating group) is 1. The van der Waals surface area contributed by atoms with Crippen LogP contribution in [0.1, 0.15) is 43.4 Å². The van der Waals surface area contributed by atoms with Crippen LogP contribution in [-0.2, 0) is 12.8 Å². The van der Waals surface area contributed by atoms with Crippen molar-refractivity contribution >= 4 is 5.82 Å². The van der Waals surface area contributed by atoms with E-state index < -0.39 is 0 Å². The van der Waals surface area contributed by atoms with Gasteiger partial charge in [0.15, 0.2) is 0 Å².